The molecule has 1 aromatic carbocycles. The molecule has 0 spiro atoms. The van der Waals surface area contributed by atoms with Crippen molar-refractivity contribution in [2.24, 2.45) is 0 Å². The highest BCUT2D eigenvalue weighted by Gasteiger charge is 2.39. The molecule has 0 saturated heterocycles. The summed E-state index contributed by atoms with van der Waals surface area (Å²) < 4.78 is 0. The van der Waals surface area contributed by atoms with Crippen molar-refractivity contribution in [1.29, 1.82) is 0 Å². The molecule has 1 unspecified atom stereocenters. The second kappa shape index (κ2) is 5.21. The molecule has 1 aromatic rings. The average Bonchev–Trinajstić information content (AvgIpc) is 3.13. The van der Waals surface area contributed by atoms with Crippen LogP contribution < -0.4 is 0 Å². The molecule has 1 aliphatic rings. The first-order chi connectivity index (χ1) is 8.91. The van der Waals surface area contributed by atoms with Crippen molar-refractivity contribution in [1.82, 2.24) is 4.90 Å². The minimum atomic E-state index is -0.997. The fraction of sp³-hybridized carbons (Fsp3) is 0.429. The number of hydrogen-bond acceptors (Lipinski definition) is 2. The Hall–Kier alpha value is -1.55. The maximum absolute atomic E-state index is 12.5. The quantitative estimate of drug-likeness (QED) is 0.923. The summed E-state index contributed by atoms with van der Waals surface area (Å²) in [5, 5.41) is 9.48. The lowest BCUT2D eigenvalue weighted by atomic mass is 10.1. The van der Waals surface area contributed by atoms with Gasteiger partial charge in [0.1, 0.15) is 6.04 Å². The van der Waals surface area contributed by atoms with Crippen LogP contribution in [0.1, 0.15) is 35.7 Å². The van der Waals surface area contributed by atoms with E-state index >= 15 is 0 Å². The van der Waals surface area contributed by atoms with Crippen molar-refractivity contribution in [2.45, 2.75) is 38.8 Å². The lowest BCUT2D eigenvalue weighted by Crippen LogP contribution is -2.44. The molecule has 19 heavy (non-hydrogen) atoms. The molecule has 4 nitrogen and oxygen atoms in total. The number of carboxylic acid groups (broad SMARTS) is 1. The molecule has 1 fully saturated rings. The molecule has 0 aromatic heterocycles. The van der Waals surface area contributed by atoms with Gasteiger partial charge < -0.3 is 10.0 Å². The number of aryl methyl sites for hydroxylation is 1. The molecule has 1 N–H and O–H groups in total. The topological polar surface area (TPSA) is 57.6 Å². The lowest BCUT2D eigenvalue weighted by molar-refractivity contribution is -0.141. The SMILES string of the molecule is Cc1ccc(C(=O)N(C2CC2)C(C)C(=O)O)c(Cl)c1. The summed E-state index contributed by atoms with van der Waals surface area (Å²) >= 11 is 6.08. The zero-order valence-corrected chi connectivity index (χ0v) is 11.6. The van der Waals surface area contributed by atoms with Crippen molar-refractivity contribution in [3.05, 3.63) is 34.3 Å². The molecule has 1 aliphatic carbocycles. The summed E-state index contributed by atoms with van der Waals surface area (Å²) in [4.78, 5) is 25.0. The van der Waals surface area contributed by atoms with Crippen molar-refractivity contribution in [3.63, 3.8) is 0 Å². The Balaban J connectivity index is 2.31. The molecular formula is C14H16ClNO3. The number of carbonyl (C=O) groups is 2. The third-order valence-electron chi connectivity index (χ3n) is 3.30. The van der Waals surface area contributed by atoms with E-state index < -0.39 is 12.0 Å². The summed E-state index contributed by atoms with van der Waals surface area (Å²) in [5.41, 5.74) is 1.33. The molecule has 5 heteroatoms. The number of carboxylic acids is 1. The van der Waals surface area contributed by atoms with Gasteiger partial charge in [0.25, 0.3) is 5.91 Å². The Bertz CT molecular complexity index is 525. The summed E-state index contributed by atoms with van der Waals surface area (Å²) in [6, 6.07) is 4.36. The van der Waals surface area contributed by atoms with Crippen molar-refractivity contribution < 1.29 is 14.7 Å². The van der Waals surface area contributed by atoms with E-state index in [1.54, 1.807) is 18.2 Å². The number of amides is 1. The first-order valence-corrected chi connectivity index (χ1v) is 6.61. The highest BCUT2D eigenvalue weighted by atomic mass is 35.5. The Labute approximate surface area is 117 Å². The Kier molecular flexibility index (Phi) is 3.80. The molecule has 0 radical (unpaired) electrons. The van der Waals surface area contributed by atoms with E-state index in [9.17, 15) is 9.59 Å². The van der Waals surface area contributed by atoms with E-state index in [2.05, 4.69) is 0 Å². The normalized spacial score (nSPS) is 15.9. The third-order valence-corrected chi connectivity index (χ3v) is 3.62. The number of nitrogens with zero attached hydrogens (tertiary/aromatic N) is 1. The van der Waals surface area contributed by atoms with Crippen LogP contribution in [-0.2, 0) is 4.79 Å². The monoisotopic (exact) mass is 281 g/mol. The number of halogens is 1. The summed E-state index contributed by atoms with van der Waals surface area (Å²) in [6.45, 7) is 3.42. The van der Waals surface area contributed by atoms with E-state index in [4.69, 9.17) is 16.7 Å². The molecule has 0 heterocycles. The van der Waals surface area contributed by atoms with Gasteiger partial charge in [-0.15, -0.1) is 0 Å². The van der Waals surface area contributed by atoms with Crippen LogP contribution in [-0.4, -0.2) is 34.0 Å². The predicted molar refractivity (Wildman–Crippen MR) is 72.5 cm³/mol. The number of rotatable bonds is 4. The fourth-order valence-corrected chi connectivity index (χ4v) is 2.38. The van der Waals surface area contributed by atoms with Gasteiger partial charge in [-0.25, -0.2) is 4.79 Å². The van der Waals surface area contributed by atoms with Crippen molar-refractivity contribution in [3.8, 4) is 0 Å². The van der Waals surface area contributed by atoms with Gasteiger partial charge >= 0.3 is 5.97 Å². The van der Waals surface area contributed by atoms with Gasteiger partial charge in [-0.2, -0.15) is 0 Å². The second-order valence-electron chi connectivity index (χ2n) is 4.94. The summed E-state index contributed by atoms with van der Waals surface area (Å²) in [6.07, 6.45) is 1.71. The first kappa shape index (κ1) is 13.9. The number of hydrogen-bond donors (Lipinski definition) is 1. The van der Waals surface area contributed by atoms with E-state index in [1.807, 2.05) is 6.92 Å². The van der Waals surface area contributed by atoms with Gasteiger partial charge in [0, 0.05) is 6.04 Å². The zero-order chi connectivity index (χ0) is 14.2. The minimum absolute atomic E-state index is 0.0240. The van der Waals surface area contributed by atoms with Crippen LogP contribution in [0.25, 0.3) is 0 Å². The van der Waals surface area contributed by atoms with Crippen LogP contribution in [0.5, 0.6) is 0 Å². The van der Waals surface area contributed by atoms with Gasteiger partial charge in [0.05, 0.1) is 10.6 Å². The van der Waals surface area contributed by atoms with Gasteiger partial charge in [0.2, 0.25) is 0 Å². The Morgan fingerprint density at radius 2 is 2.05 bits per heavy atom. The highest BCUT2D eigenvalue weighted by molar-refractivity contribution is 6.34. The molecule has 102 valence electrons. The minimum Gasteiger partial charge on any atom is -0.480 e. The average molecular weight is 282 g/mol. The van der Waals surface area contributed by atoms with E-state index in [1.165, 1.54) is 11.8 Å². The van der Waals surface area contributed by atoms with E-state index in [-0.39, 0.29) is 11.9 Å². The first-order valence-electron chi connectivity index (χ1n) is 6.23. The fourth-order valence-electron chi connectivity index (χ4n) is 2.06. The van der Waals surface area contributed by atoms with Gasteiger partial charge in [-0.3, -0.25) is 4.79 Å². The molecule has 0 bridgehead atoms. The molecule has 1 amide bonds. The van der Waals surface area contributed by atoms with Crippen LogP contribution in [0.15, 0.2) is 18.2 Å². The third kappa shape index (κ3) is 2.89. The van der Waals surface area contributed by atoms with Crippen LogP contribution in [0, 0.1) is 6.92 Å². The Morgan fingerprint density at radius 3 is 2.53 bits per heavy atom. The summed E-state index contributed by atoms with van der Waals surface area (Å²) in [5.74, 6) is -1.30. The van der Waals surface area contributed by atoms with Crippen LogP contribution in [0.3, 0.4) is 0 Å². The number of benzene rings is 1. The van der Waals surface area contributed by atoms with Crippen LogP contribution in [0.2, 0.25) is 5.02 Å². The summed E-state index contributed by atoms with van der Waals surface area (Å²) in [7, 11) is 0. The maximum Gasteiger partial charge on any atom is 0.326 e. The van der Waals surface area contributed by atoms with E-state index in [0.29, 0.717) is 10.6 Å². The van der Waals surface area contributed by atoms with Gasteiger partial charge in [-0.05, 0) is 44.4 Å². The maximum atomic E-state index is 12.5. The second-order valence-corrected chi connectivity index (χ2v) is 5.35. The largest absolute Gasteiger partial charge is 0.480 e. The standard InChI is InChI=1S/C14H16ClNO3/c1-8-3-6-11(12(15)7-8)13(17)16(10-4-5-10)9(2)14(18)19/h3,6-7,9-10H,4-5H2,1-2H3,(H,18,19). The molecular weight excluding hydrogens is 266 g/mol. The number of aliphatic carboxylic acids is 1. The van der Waals surface area contributed by atoms with Crippen LogP contribution in [0.4, 0.5) is 0 Å². The molecule has 2 rings (SSSR count). The Morgan fingerprint density at radius 1 is 1.42 bits per heavy atom. The molecule has 1 saturated carbocycles. The smallest absolute Gasteiger partial charge is 0.326 e. The molecule has 1 atom stereocenters. The van der Waals surface area contributed by atoms with Crippen molar-refractivity contribution >= 4 is 23.5 Å². The lowest BCUT2D eigenvalue weighted by Gasteiger charge is -2.27. The molecule has 0 aliphatic heterocycles. The predicted octanol–water partition coefficient (Wildman–Crippen LogP) is 2.73. The van der Waals surface area contributed by atoms with Gasteiger partial charge in [-0.1, -0.05) is 17.7 Å². The van der Waals surface area contributed by atoms with Crippen molar-refractivity contribution in [2.75, 3.05) is 0 Å². The zero-order valence-electron chi connectivity index (χ0n) is 10.9. The van der Waals surface area contributed by atoms with Gasteiger partial charge in [0.15, 0.2) is 0 Å². The number of carbonyl (C=O) groups excluding carboxylic acids is 1. The van der Waals surface area contributed by atoms with E-state index in [0.717, 1.165) is 18.4 Å². The highest BCUT2D eigenvalue weighted by Crippen LogP contribution is 2.31. The van der Waals surface area contributed by atoms with Crippen LogP contribution >= 0.6 is 11.6 Å².